The lowest BCUT2D eigenvalue weighted by Gasteiger charge is -2.26. The van der Waals surface area contributed by atoms with Crippen LogP contribution in [-0.4, -0.2) is 25.1 Å². The van der Waals surface area contributed by atoms with Crippen molar-refractivity contribution in [3.05, 3.63) is 23.6 Å². The molecular weight excluding hydrogens is 324 g/mol. The number of rotatable bonds is 5. The first-order chi connectivity index (χ1) is 11.6. The summed E-state index contributed by atoms with van der Waals surface area (Å²) in [5.41, 5.74) is 1.97. The van der Waals surface area contributed by atoms with Crippen LogP contribution in [0.2, 0.25) is 0 Å². The zero-order valence-corrected chi connectivity index (χ0v) is 14.6. The van der Waals surface area contributed by atoms with Gasteiger partial charge in [-0.2, -0.15) is 0 Å². The minimum absolute atomic E-state index is 0.119. The molecule has 1 amide bonds. The van der Waals surface area contributed by atoms with E-state index in [1.54, 1.807) is 14.2 Å². The Bertz CT molecular complexity index is 782. The van der Waals surface area contributed by atoms with E-state index in [4.69, 9.17) is 9.47 Å². The number of methoxy groups -OCH3 is 2. The van der Waals surface area contributed by atoms with Crippen LogP contribution in [0.25, 0.3) is 11.3 Å². The topological polar surface area (TPSA) is 60.5 Å². The number of carbonyl (C=O) groups is 1. The number of hydrogen-bond acceptors (Lipinski definition) is 5. The van der Waals surface area contributed by atoms with Crippen molar-refractivity contribution in [2.24, 2.45) is 11.3 Å². The lowest BCUT2D eigenvalue weighted by Crippen LogP contribution is -2.23. The first-order valence-electron chi connectivity index (χ1n) is 8.14. The second kappa shape index (κ2) is 5.77. The van der Waals surface area contributed by atoms with Gasteiger partial charge in [-0.1, -0.05) is 6.42 Å². The molecule has 0 radical (unpaired) electrons. The number of benzene rings is 1. The highest BCUT2D eigenvalue weighted by Crippen LogP contribution is 2.65. The minimum Gasteiger partial charge on any atom is -0.497 e. The van der Waals surface area contributed by atoms with Crippen LogP contribution >= 0.6 is 11.3 Å². The van der Waals surface area contributed by atoms with Crippen molar-refractivity contribution in [3.8, 4) is 22.8 Å². The van der Waals surface area contributed by atoms with E-state index in [9.17, 15) is 4.79 Å². The van der Waals surface area contributed by atoms with E-state index in [0.29, 0.717) is 10.5 Å². The predicted molar refractivity (Wildman–Crippen MR) is 93.7 cm³/mol. The summed E-state index contributed by atoms with van der Waals surface area (Å²) in [5, 5.41) is 5.55. The molecule has 1 atom stereocenters. The van der Waals surface area contributed by atoms with Gasteiger partial charge in [-0.3, -0.25) is 4.79 Å². The second-order valence-electron chi connectivity index (χ2n) is 6.57. The van der Waals surface area contributed by atoms with E-state index >= 15 is 0 Å². The molecule has 1 spiro atoms. The minimum atomic E-state index is 0.119. The first-order valence-corrected chi connectivity index (χ1v) is 9.02. The maximum Gasteiger partial charge on any atom is 0.229 e. The molecule has 4 rings (SSSR count). The van der Waals surface area contributed by atoms with Crippen molar-refractivity contribution < 1.29 is 14.3 Å². The standard InChI is InChI=1S/C18H20N2O3S/c1-22-11-4-5-15(23-2)12(8-11)14-10-24-17(19-14)20-16(21)13-9-18(13)6-3-7-18/h4-5,8,10,13H,3,6-7,9H2,1-2H3,(H,19,20,21). The highest BCUT2D eigenvalue weighted by molar-refractivity contribution is 7.14. The Kier molecular flexibility index (Phi) is 3.72. The Labute approximate surface area is 145 Å². The molecule has 1 unspecified atom stereocenters. The number of thiazole rings is 1. The SMILES string of the molecule is COc1ccc(OC)c(-c2csc(NC(=O)C3CC34CCC4)n2)c1. The zero-order chi connectivity index (χ0) is 16.7. The highest BCUT2D eigenvalue weighted by atomic mass is 32.1. The number of aromatic nitrogens is 1. The van der Waals surface area contributed by atoms with E-state index in [0.717, 1.165) is 29.2 Å². The van der Waals surface area contributed by atoms with Gasteiger partial charge in [-0.15, -0.1) is 11.3 Å². The quantitative estimate of drug-likeness (QED) is 0.892. The van der Waals surface area contributed by atoms with Crippen LogP contribution in [0, 0.1) is 11.3 Å². The summed E-state index contributed by atoms with van der Waals surface area (Å²) in [6.45, 7) is 0. The average Bonchev–Trinajstić information content (AvgIpc) is 3.20. The zero-order valence-electron chi connectivity index (χ0n) is 13.8. The van der Waals surface area contributed by atoms with Crippen LogP contribution in [0.15, 0.2) is 23.6 Å². The number of carbonyl (C=O) groups excluding carboxylic acids is 1. The highest BCUT2D eigenvalue weighted by Gasteiger charge is 2.60. The van der Waals surface area contributed by atoms with Gasteiger partial charge in [-0.05, 0) is 42.9 Å². The van der Waals surface area contributed by atoms with Gasteiger partial charge in [0.05, 0.1) is 19.9 Å². The van der Waals surface area contributed by atoms with Gasteiger partial charge in [0.25, 0.3) is 0 Å². The molecule has 1 N–H and O–H groups in total. The monoisotopic (exact) mass is 344 g/mol. The van der Waals surface area contributed by atoms with E-state index in [-0.39, 0.29) is 11.8 Å². The van der Waals surface area contributed by atoms with Crippen molar-refractivity contribution in [3.63, 3.8) is 0 Å². The predicted octanol–water partition coefficient (Wildman–Crippen LogP) is 3.96. The van der Waals surface area contributed by atoms with Crippen LogP contribution in [0.4, 0.5) is 5.13 Å². The van der Waals surface area contributed by atoms with Crippen molar-refractivity contribution in [1.82, 2.24) is 4.98 Å². The summed E-state index contributed by atoms with van der Waals surface area (Å²) in [5.74, 6) is 1.78. The first kappa shape index (κ1) is 15.4. The van der Waals surface area contributed by atoms with Crippen molar-refractivity contribution in [2.45, 2.75) is 25.7 Å². The van der Waals surface area contributed by atoms with Gasteiger partial charge >= 0.3 is 0 Å². The Hall–Kier alpha value is -2.08. The largest absolute Gasteiger partial charge is 0.497 e. The van der Waals surface area contributed by atoms with Crippen molar-refractivity contribution in [2.75, 3.05) is 19.5 Å². The molecule has 126 valence electrons. The molecular formula is C18H20N2O3S. The van der Waals surface area contributed by atoms with Gasteiger partial charge in [0.15, 0.2) is 5.13 Å². The molecule has 2 aliphatic rings. The van der Waals surface area contributed by atoms with Crippen LogP contribution in [-0.2, 0) is 4.79 Å². The average molecular weight is 344 g/mol. The smallest absolute Gasteiger partial charge is 0.229 e. The summed E-state index contributed by atoms with van der Waals surface area (Å²) >= 11 is 1.44. The molecule has 5 nitrogen and oxygen atoms in total. The molecule has 0 aliphatic heterocycles. The van der Waals surface area contributed by atoms with E-state index in [2.05, 4.69) is 10.3 Å². The molecule has 2 saturated carbocycles. The third-order valence-corrected chi connectivity index (χ3v) is 6.03. The molecule has 0 bridgehead atoms. The fraction of sp³-hybridized carbons (Fsp3) is 0.444. The lowest BCUT2D eigenvalue weighted by molar-refractivity contribution is -0.118. The summed E-state index contributed by atoms with van der Waals surface area (Å²) < 4.78 is 10.7. The summed E-state index contributed by atoms with van der Waals surface area (Å²) in [7, 11) is 3.26. The molecule has 24 heavy (non-hydrogen) atoms. The molecule has 6 heteroatoms. The Morgan fingerprint density at radius 2 is 2.17 bits per heavy atom. The molecule has 2 fully saturated rings. The Balaban J connectivity index is 1.51. The van der Waals surface area contributed by atoms with Crippen LogP contribution < -0.4 is 14.8 Å². The maximum absolute atomic E-state index is 12.4. The molecule has 1 aromatic heterocycles. The normalized spacial score (nSPS) is 20.3. The van der Waals surface area contributed by atoms with Gasteiger partial charge in [-0.25, -0.2) is 4.98 Å². The molecule has 1 heterocycles. The molecule has 0 saturated heterocycles. The van der Waals surface area contributed by atoms with Crippen LogP contribution in [0.5, 0.6) is 11.5 Å². The van der Waals surface area contributed by atoms with E-state index in [1.165, 1.54) is 30.6 Å². The number of anilines is 1. The van der Waals surface area contributed by atoms with Gasteiger partial charge < -0.3 is 14.8 Å². The van der Waals surface area contributed by atoms with Crippen LogP contribution in [0.3, 0.4) is 0 Å². The number of nitrogens with zero attached hydrogens (tertiary/aromatic N) is 1. The number of amides is 1. The van der Waals surface area contributed by atoms with Crippen LogP contribution in [0.1, 0.15) is 25.7 Å². The fourth-order valence-electron chi connectivity index (χ4n) is 3.56. The van der Waals surface area contributed by atoms with Gasteiger partial charge in [0.1, 0.15) is 11.5 Å². The third kappa shape index (κ3) is 2.55. The number of hydrogen-bond donors (Lipinski definition) is 1. The summed E-state index contributed by atoms with van der Waals surface area (Å²) in [6.07, 6.45) is 4.71. The lowest BCUT2D eigenvalue weighted by atomic mass is 9.80. The molecule has 1 aromatic carbocycles. The number of nitrogens with one attached hydrogen (secondary N) is 1. The molecule has 2 aromatic rings. The molecule has 2 aliphatic carbocycles. The van der Waals surface area contributed by atoms with Crippen molar-refractivity contribution in [1.29, 1.82) is 0 Å². The Morgan fingerprint density at radius 3 is 2.79 bits per heavy atom. The van der Waals surface area contributed by atoms with E-state index in [1.807, 2.05) is 23.6 Å². The second-order valence-corrected chi connectivity index (χ2v) is 7.42. The maximum atomic E-state index is 12.4. The number of ether oxygens (including phenoxy) is 2. The Morgan fingerprint density at radius 1 is 1.33 bits per heavy atom. The fourth-order valence-corrected chi connectivity index (χ4v) is 4.28. The van der Waals surface area contributed by atoms with Crippen molar-refractivity contribution >= 4 is 22.4 Å². The van der Waals surface area contributed by atoms with Gasteiger partial charge in [0, 0.05) is 16.9 Å². The summed E-state index contributed by atoms with van der Waals surface area (Å²) in [4.78, 5) is 16.9. The summed E-state index contributed by atoms with van der Waals surface area (Å²) in [6, 6.07) is 5.60. The van der Waals surface area contributed by atoms with Gasteiger partial charge in [0.2, 0.25) is 5.91 Å². The third-order valence-electron chi connectivity index (χ3n) is 5.27. The van der Waals surface area contributed by atoms with E-state index < -0.39 is 0 Å².